The first-order chi connectivity index (χ1) is 8.65. The van der Waals surface area contributed by atoms with Crippen molar-refractivity contribution in [3.63, 3.8) is 0 Å². The van der Waals surface area contributed by atoms with Gasteiger partial charge in [-0.3, -0.25) is 4.79 Å². The third-order valence-corrected chi connectivity index (χ3v) is 2.60. The largest absolute Gasteiger partial charge is 0.480 e. The van der Waals surface area contributed by atoms with Crippen molar-refractivity contribution in [3.8, 4) is 0 Å². The summed E-state index contributed by atoms with van der Waals surface area (Å²) in [4.78, 5) is 14.8. The highest BCUT2D eigenvalue weighted by atomic mass is 16.4. The van der Waals surface area contributed by atoms with Gasteiger partial charge in [0, 0.05) is 24.6 Å². The van der Waals surface area contributed by atoms with Crippen LogP contribution in [0.3, 0.4) is 0 Å². The Hall–Kier alpha value is -2.30. The van der Waals surface area contributed by atoms with Gasteiger partial charge in [-0.1, -0.05) is 12.1 Å². The van der Waals surface area contributed by atoms with Gasteiger partial charge in [0.15, 0.2) is 0 Å². The molecule has 1 atom stereocenters. The Labute approximate surface area is 105 Å². The highest BCUT2D eigenvalue weighted by Crippen LogP contribution is 2.13. The summed E-state index contributed by atoms with van der Waals surface area (Å²) in [5.41, 5.74) is 1.90. The van der Waals surface area contributed by atoms with Crippen LogP contribution in [0.15, 0.2) is 43.0 Å². The van der Waals surface area contributed by atoms with Crippen molar-refractivity contribution in [2.45, 2.75) is 19.5 Å². The summed E-state index contributed by atoms with van der Waals surface area (Å²) >= 11 is 0. The molecule has 2 rings (SSSR count). The molecule has 0 fully saturated rings. The number of imidazole rings is 1. The number of rotatable bonds is 5. The molecule has 1 unspecified atom stereocenters. The van der Waals surface area contributed by atoms with Gasteiger partial charge in [0.25, 0.3) is 0 Å². The fraction of sp³-hybridized carbons (Fsp3) is 0.231. The third kappa shape index (κ3) is 3.10. The van der Waals surface area contributed by atoms with Crippen molar-refractivity contribution in [3.05, 3.63) is 48.5 Å². The summed E-state index contributed by atoms with van der Waals surface area (Å²) in [5.74, 6) is -0.866. The SMILES string of the molecule is CC(Nc1cccc(Cn2ccnc2)c1)C(=O)O. The Kier molecular flexibility index (Phi) is 3.62. The molecule has 18 heavy (non-hydrogen) atoms. The number of hydrogen-bond acceptors (Lipinski definition) is 3. The van der Waals surface area contributed by atoms with E-state index in [-0.39, 0.29) is 0 Å². The zero-order valence-corrected chi connectivity index (χ0v) is 10.1. The lowest BCUT2D eigenvalue weighted by Crippen LogP contribution is -2.25. The van der Waals surface area contributed by atoms with Gasteiger partial charge in [-0.2, -0.15) is 0 Å². The summed E-state index contributed by atoms with van der Waals surface area (Å²) in [6, 6.07) is 7.10. The summed E-state index contributed by atoms with van der Waals surface area (Å²) in [7, 11) is 0. The monoisotopic (exact) mass is 245 g/mol. The Morgan fingerprint density at radius 2 is 2.39 bits per heavy atom. The molecule has 0 radical (unpaired) electrons. The molecule has 94 valence electrons. The maximum Gasteiger partial charge on any atom is 0.325 e. The molecular formula is C13H15N3O2. The maximum absolute atomic E-state index is 10.8. The summed E-state index contributed by atoms with van der Waals surface area (Å²) in [5, 5.41) is 11.8. The van der Waals surface area contributed by atoms with E-state index in [1.807, 2.05) is 35.0 Å². The molecule has 0 saturated heterocycles. The summed E-state index contributed by atoms with van der Waals surface area (Å²) in [6.07, 6.45) is 5.37. The number of nitrogens with zero attached hydrogens (tertiary/aromatic N) is 2. The number of anilines is 1. The van der Waals surface area contributed by atoms with E-state index in [9.17, 15) is 4.79 Å². The van der Waals surface area contributed by atoms with E-state index >= 15 is 0 Å². The van der Waals surface area contributed by atoms with Crippen molar-refractivity contribution in [1.29, 1.82) is 0 Å². The van der Waals surface area contributed by atoms with Crippen LogP contribution in [0.5, 0.6) is 0 Å². The summed E-state index contributed by atoms with van der Waals surface area (Å²) < 4.78 is 1.96. The predicted molar refractivity (Wildman–Crippen MR) is 68.5 cm³/mol. The lowest BCUT2D eigenvalue weighted by Gasteiger charge is -2.12. The van der Waals surface area contributed by atoms with Crippen LogP contribution in [0.4, 0.5) is 5.69 Å². The van der Waals surface area contributed by atoms with Crippen molar-refractivity contribution in [2.75, 3.05) is 5.32 Å². The lowest BCUT2D eigenvalue weighted by molar-refractivity contribution is -0.137. The fourth-order valence-electron chi connectivity index (χ4n) is 1.66. The van der Waals surface area contributed by atoms with Gasteiger partial charge < -0.3 is 15.0 Å². The Balaban J connectivity index is 2.07. The molecule has 1 aromatic heterocycles. The molecule has 0 bridgehead atoms. The van der Waals surface area contributed by atoms with E-state index in [1.54, 1.807) is 19.4 Å². The van der Waals surface area contributed by atoms with Gasteiger partial charge in [0.1, 0.15) is 6.04 Å². The zero-order chi connectivity index (χ0) is 13.0. The number of benzene rings is 1. The first-order valence-electron chi connectivity index (χ1n) is 5.69. The average Bonchev–Trinajstić information content (AvgIpc) is 2.82. The van der Waals surface area contributed by atoms with E-state index in [2.05, 4.69) is 10.3 Å². The van der Waals surface area contributed by atoms with E-state index in [1.165, 1.54) is 0 Å². The Morgan fingerprint density at radius 1 is 1.56 bits per heavy atom. The van der Waals surface area contributed by atoms with Crippen molar-refractivity contribution >= 4 is 11.7 Å². The third-order valence-electron chi connectivity index (χ3n) is 2.60. The molecule has 1 heterocycles. The van der Waals surface area contributed by atoms with Crippen molar-refractivity contribution < 1.29 is 9.90 Å². The number of carboxylic acid groups (broad SMARTS) is 1. The van der Waals surface area contributed by atoms with Gasteiger partial charge in [-0.25, -0.2) is 4.98 Å². The minimum Gasteiger partial charge on any atom is -0.480 e. The predicted octanol–water partition coefficient (Wildman–Crippen LogP) is 1.82. The van der Waals surface area contributed by atoms with Crippen LogP contribution >= 0.6 is 0 Å². The van der Waals surface area contributed by atoms with Crippen LogP contribution in [0.1, 0.15) is 12.5 Å². The maximum atomic E-state index is 10.8. The van der Waals surface area contributed by atoms with E-state index < -0.39 is 12.0 Å². The molecule has 0 aliphatic carbocycles. The molecule has 5 heteroatoms. The van der Waals surface area contributed by atoms with Gasteiger partial charge >= 0.3 is 5.97 Å². The van der Waals surface area contributed by atoms with E-state index in [4.69, 9.17) is 5.11 Å². The van der Waals surface area contributed by atoms with Crippen molar-refractivity contribution in [2.24, 2.45) is 0 Å². The minimum atomic E-state index is -0.866. The molecule has 0 spiro atoms. The second-order valence-corrected chi connectivity index (χ2v) is 4.14. The van der Waals surface area contributed by atoms with E-state index in [0.29, 0.717) is 0 Å². The zero-order valence-electron chi connectivity index (χ0n) is 10.1. The van der Waals surface area contributed by atoms with Crippen LogP contribution in [0.2, 0.25) is 0 Å². The highest BCUT2D eigenvalue weighted by molar-refractivity contribution is 5.76. The second kappa shape index (κ2) is 5.35. The number of aromatic nitrogens is 2. The lowest BCUT2D eigenvalue weighted by atomic mass is 10.2. The number of hydrogen-bond donors (Lipinski definition) is 2. The number of carbonyl (C=O) groups is 1. The topological polar surface area (TPSA) is 67.2 Å². The molecule has 0 aliphatic heterocycles. The molecule has 5 nitrogen and oxygen atoms in total. The van der Waals surface area contributed by atoms with E-state index in [0.717, 1.165) is 17.8 Å². The molecule has 2 aromatic rings. The van der Waals surface area contributed by atoms with Crippen LogP contribution < -0.4 is 5.32 Å². The van der Waals surface area contributed by atoms with Gasteiger partial charge in [0.2, 0.25) is 0 Å². The second-order valence-electron chi connectivity index (χ2n) is 4.14. The quantitative estimate of drug-likeness (QED) is 0.843. The number of carboxylic acids is 1. The van der Waals surface area contributed by atoms with Crippen LogP contribution in [-0.2, 0) is 11.3 Å². The average molecular weight is 245 g/mol. The molecule has 0 amide bonds. The first kappa shape index (κ1) is 12.2. The van der Waals surface area contributed by atoms with Crippen molar-refractivity contribution in [1.82, 2.24) is 9.55 Å². The molecule has 0 aliphatic rings. The highest BCUT2D eigenvalue weighted by Gasteiger charge is 2.09. The Morgan fingerprint density at radius 3 is 3.06 bits per heavy atom. The number of aliphatic carboxylic acids is 1. The van der Waals surface area contributed by atoms with Crippen LogP contribution in [-0.4, -0.2) is 26.7 Å². The van der Waals surface area contributed by atoms with Gasteiger partial charge in [-0.05, 0) is 24.6 Å². The normalized spacial score (nSPS) is 12.1. The Bertz CT molecular complexity index is 523. The van der Waals surface area contributed by atoms with Crippen LogP contribution in [0.25, 0.3) is 0 Å². The van der Waals surface area contributed by atoms with Gasteiger partial charge in [0.05, 0.1) is 6.33 Å². The smallest absolute Gasteiger partial charge is 0.325 e. The van der Waals surface area contributed by atoms with Crippen LogP contribution in [0, 0.1) is 0 Å². The molecule has 0 saturated carbocycles. The fourth-order valence-corrected chi connectivity index (χ4v) is 1.66. The van der Waals surface area contributed by atoms with Gasteiger partial charge in [-0.15, -0.1) is 0 Å². The molecule has 2 N–H and O–H groups in total. The summed E-state index contributed by atoms with van der Waals surface area (Å²) in [6.45, 7) is 2.34. The standard InChI is InChI=1S/C13H15N3O2/c1-10(13(17)18)15-12-4-2-3-11(7-12)8-16-6-5-14-9-16/h2-7,9-10,15H,8H2,1H3,(H,17,18). The molecule has 1 aromatic carbocycles. The first-order valence-corrected chi connectivity index (χ1v) is 5.69. The number of nitrogens with one attached hydrogen (secondary N) is 1. The molecular weight excluding hydrogens is 230 g/mol. The minimum absolute atomic E-state index is 0.603.